The highest BCUT2D eigenvalue weighted by atomic mass is 32.1. The van der Waals surface area contributed by atoms with Gasteiger partial charge in [-0.2, -0.15) is 0 Å². The number of ether oxygens (including phenoxy) is 2. The van der Waals surface area contributed by atoms with Gasteiger partial charge in [-0.05, 0) is 41.6 Å². The van der Waals surface area contributed by atoms with Crippen molar-refractivity contribution in [2.24, 2.45) is 0 Å². The molecule has 0 atom stereocenters. The predicted molar refractivity (Wildman–Crippen MR) is 97.3 cm³/mol. The Hall–Kier alpha value is -2.54. The van der Waals surface area contributed by atoms with Crippen molar-refractivity contribution in [3.8, 4) is 11.5 Å². The highest BCUT2D eigenvalue weighted by Crippen LogP contribution is 2.24. The molecule has 0 aliphatic heterocycles. The first kappa shape index (κ1) is 18.8. The zero-order chi connectivity index (χ0) is 18.1. The quantitative estimate of drug-likeness (QED) is 0.713. The van der Waals surface area contributed by atoms with Crippen LogP contribution in [0.5, 0.6) is 11.5 Å². The third-order valence-corrected chi connectivity index (χ3v) is 4.44. The fraction of sp³-hybridized carbons (Fsp3) is 0.333. The van der Waals surface area contributed by atoms with Gasteiger partial charge in [0, 0.05) is 11.4 Å². The Morgan fingerprint density at radius 3 is 2.60 bits per heavy atom. The summed E-state index contributed by atoms with van der Waals surface area (Å²) in [5.41, 5.74) is 0.948. The van der Waals surface area contributed by atoms with E-state index in [9.17, 15) is 9.59 Å². The first-order valence-corrected chi connectivity index (χ1v) is 8.77. The number of carbonyl (C=O) groups excluding carboxylic acids is 2. The lowest BCUT2D eigenvalue weighted by Crippen LogP contribution is -2.38. The van der Waals surface area contributed by atoms with Crippen LogP contribution in [0, 0.1) is 0 Å². The van der Waals surface area contributed by atoms with Gasteiger partial charge in [-0.15, -0.1) is 11.3 Å². The third kappa shape index (κ3) is 6.11. The van der Waals surface area contributed by atoms with Crippen molar-refractivity contribution in [3.05, 3.63) is 46.2 Å². The Morgan fingerprint density at radius 2 is 1.92 bits per heavy atom. The summed E-state index contributed by atoms with van der Waals surface area (Å²) in [5.74, 6) is 1.11. The van der Waals surface area contributed by atoms with Crippen LogP contribution >= 0.6 is 11.3 Å². The largest absolute Gasteiger partial charge is 0.497 e. The van der Waals surface area contributed by atoms with Gasteiger partial charge in [0.2, 0.25) is 11.8 Å². The van der Waals surface area contributed by atoms with Gasteiger partial charge < -0.3 is 20.1 Å². The molecular weight excluding hydrogens is 340 g/mol. The lowest BCUT2D eigenvalue weighted by atomic mass is 10.1. The van der Waals surface area contributed by atoms with Gasteiger partial charge in [-0.3, -0.25) is 9.59 Å². The molecule has 134 valence electrons. The third-order valence-electron chi connectivity index (χ3n) is 3.57. The summed E-state index contributed by atoms with van der Waals surface area (Å²) in [6, 6.07) is 9.33. The van der Waals surface area contributed by atoms with Crippen molar-refractivity contribution in [1.82, 2.24) is 10.6 Å². The smallest absolute Gasteiger partial charge is 0.239 e. The Balaban J connectivity index is 1.72. The second-order valence-corrected chi connectivity index (χ2v) is 6.34. The molecule has 6 nitrogen and oxygen atoms in total. The Labute approximate surface area is 151 Å². The summed E-state index contributed by atoms with van der Waals surface area (Å²) in [4.78, 5) is 24.6. The van der Waals surface area contributed by atoms with Crippen LogP contribution in [0.4, 0.5) is 0 Å². The van der Waals surface area contributed by atoms with Crippen molar-refractivity contribution in [1.29, 1.82) is 0 Å². The average Bonchev–Trinajstić information content (AvgIpc) is 3.12. The molecule has 1 aromatic carbocycles. The van der Waals surface area contributed by atoms with E-state index in [2.05, 4.69) is 10.6 Å². The molecule has 0 fully saturated rings. The van der Waals surface area contributed by atoms with E-state index >= 15 is 0 Å². The van der Waals surface area contributed by atoms with E-state index in [0.717, 1.165) is 21.9 Å². The van der Waals surface area contributed by atoms with Crippen LogP contribution in [0.3, 0.4) is 0 Å². The van der Waals surface area contributed by atoms with Crippen molar-refractivity contribution in [2.45, 2.75) is 12.8 Å². The molecule has 0 bridgehead atoms. The van der Waals surface area contributed by atoms with Gasteiger partial charge in [0.25, 0.3) is 0 Å². The molecule has 0 aliphatic carbocycles. The Bertz CT molecular complexity index is 701. The molecule has 0 aliphatic rings. The van der Waals surface area contributed by atoms with Crippen molar-refractivity contribution >= 4 is 23.2 Å². The number of methoxy groups -OCH3 is 2. The molecule has 25 heavy (non-hydrogen) atoms. The summed E-state index contributed by atoms with van der Waals surface area (Å²) in [6.45, 7) is 0.419. The van der Waals surface area contributed by atoms with Crippen LogP contribution in [-0.4, -0.2) is 39.1 Å². The minimum absolute atomic E-state index is 0.0283. The maximum atomic E-state index is 11.8. The number of carbonyl (C=O) groups is 2. The van der Waals surface area contributed by atoms with Crippen molar-refractivity contribution in [3.63, 3.8) is 0 Å². The second kappa shape index (κ2) is 9.68. The molecule has 0 radical (unpaired) electrons. The molecule has 2 N–H and O–H groups in total. The topological polar surface area (TPSA) is 76.7 Å². The van der Waals surface area contributed by atoms with E-state index in [-0.39, 0.29) is 18.4 Å². The Kier molecular flexibility index (Phi) is 7.28. The normalized spacial score (nSPS) is 10.2. The molecule has 0 spiro atoms. The van der Waals surface area contributed by atoms with Crippen LogP contribution in [-0.2, 0) is 22.4 Å². The van der Waals surface area contributed by atoms with E-state index in [1.165, 1.54) is 11.3 Å². The lowest BCUT2D eigenvalue weighted by molar-refractivity contribution is -0.125. The molecule has 0 unspecified atom stereocenters. The molecular formula is C18H22N2O4S. The highest BCUT2D eigenvalue weighted by molar-refractivity contribution is 7.10. The zero-order valence-electron chi connectivity index (χ0n) is 14.3. The maximum Gasteiger partial charge on any atom is 0.239 e. The second-order valence-electron chi connectivity index (χ2n) is 5.31. The van der Waals surface area contributed by atoms with E-state index in [1.54, 1.807) is 14.2 Å². The van der Waals surface area contributed by atoms with E-state index in [1.807, 2.05) is 35.7 Å². The first-order chi connectivity index (χ1) is 12.1. The first-order valence-electron chi connectivity index (χ1n) is 7.89. The van der Waals surface area contributed by atoms with Gasteiger partial charge in [-0.25, -0.2) is 0 Å². The van der Waals surface area contributed by atoms with Gasteiger partial charge in [0.15, 0.2) is 0 Å². The SMILES string of the molecule is COc1ccc(OC)c(CCNC(=O)CNC(=O)Cc2cccs2)c1. The monoisotopic (exact) mass is 362 g/mol. The van der Waals surface area contributed by atoms with Crippen LogP contribution in [0.15, 0.2) is 35.7 Å². The fourth-order valence-electron chi connectivity index (χ4n) is 2.29. The molecule has 0 saturated carbocycles. The van der Waals surface area contributed by atoms with Gasteiger partial charge >= 0.3 is 0 Å². The minimum Gasteiger partial charge on any atom is -0.497 e. The minimum atomic E-state index is -0.221. The maximum absolute atomic E-state index is 11.8. The van der Waals surface area contributed by atoms with Crippen molar-refractivity contribution in [2.75, 3.05) is 27.3 Å². The number of nitrogens with one attached hydrogen (secondary N) is 2. The molecule has 1 heterocycles. The summed E-state index contributed by atoms with van der Waals surface area (Å²) >= 11 is 1.52. The zero-order valence-corrected chi connectivity index (χ0v) is 15.2. The van der Waals surface area contributed by atoms with Crippen LogP contribution in [0.1, 0.15) is 10.4 Å². The van der Waals surface area contributed by atoms with Gasteiger partial charge in [0.1, 0.15) is 11.5 Å². The van der Waals surface area contributed by atoms with Gasteiger partial charge in [0.05, 0.1) is 27.2 Å². The predicted octanol–water partition coefficient (Wildman–Crippen LogP) is 1.78. The Morgan fingerprint density at radius 1 is 1.08 bits per heavy atom. The summed E-state index contributed by atoms with van der Waals surface area (Å²) in [6.07, 6.45) is 0.904. The van der Waals surface area contributed by atoms with Crippen LogP contribution in [0.25, 0.3) is 0 Å². The van der Waals surface area contributed by atoms with Crippen LogP contribution in [0.2, 0.25) is 0 Å². The highest BCUT2D eigenvalue weighted by Gasteiger charge is 2.08. The van der Waals surface area contributed by atoms with E-state index < -0.39 is 0 Å². The average molecular weight is 362 g/mol. The fourth-order valence-corrected chi connectivity index (χ4v) is 2.99. The molecule has 2 amide bonds. The standard InChI is InChI=1S/C18H22N2O4S/c1-23-14-5-6-16(24-2)13(10-14)7-8-19-18(22)12-20-17(21)11-15-4-3-9-25-15/h3-6,9-10H,7-8,11-12H2,1-2H3,(H,19,22)(H,20,21). The number of rotatable bonds is 9. The number of amides is 2. The number of benzene rings is 1. The van der Waals surface area contributed by atoms with Crippen molar-refractivity contribution < 1.29 is 19.1 Å². The molecule has 7 heteroatoms. The molecule has 2 rings (SSSR count). The van der Waals surface area contributed by atoms with Crippen LogP contribution < -0.4 is 20.1 Å². The summed E-state index contributed by atoms with van der Waals surface area (Å²) in [5, 5.41) is 7.33. The lowest BCUT2D eigenvalue weighted by Gasteiger charge is -2.11. The van der Waals surface area contributed by atoms with Gasteiger partial charge in [-0.1, -0.05) is 6.07 Å². The van der Waals surface area contributed by atoms with E-state index in [0.29, 0.717) is 19.4 Å². The number of thiophene rings is 1. The number of hydrogen-bond acceptors (Lipinski definition) is 5. The molecule has 1 aromatic heterocycles. The molecule has 0 saturated heterocycles. The summed E-state index contributed by atoms with van der Waals surface area (Å²) < 4.78 is 10.5. The number of hydrogen-bond donors (Lipinski definition) is 2. The van der Waals surface area contributed by atoms with E-state index in [4.69, 9.17) is 9.47 Å². The molecule has 2 aromatic rings. The summed E-state index contributed by atoms with van der Waals surface area (Å²) in [7, 11) is 3.21.